The van der Waals surface area contributed by atoms with Crippen molar-refractivity contribution in [3.8, 4) is 0 Å². The molecular weight excluding hydrogens is 218 g/mol. The second-order valence-corrected chi connectivity index (χ2v) is 10.9. The normalized spacial score (nSPS) is 13.3. The smallest absolute Gasteiger partial charge is 0.109 e. The maximum atomic E-state index is 5.62. The molecule has 0 aliphatic carbocycles. The largest absolute Gasteiger partial charge is 0.125 e. The van der Waals surface area contributed by atoms with Crippen LogP contribution in [0, 0.1) is 0 Å². The van der Waals surface area contributed by atoms with E-state index >= 15 is 0 Å². The van der Waals surface area contributed by atoms with Gasteiger partial charge in [-0.2, -0.15) is 0 Å². The minimum absolute atomic E-state index is 0.391. The minimum Gasteiger partial charge on any atom is -0.109 e. The van der Waals surface area contributed by atoms with Crippen molar-refractivity contribution in [2.75, 3.05) is 0 Å². The van der Waals surface area contributed by atoms with Crippen molar-refractivity contribution in [2.45, 2.75) is 22.0 Å². The SMILES string of the molecule is C[Si](C)(C(Cl)Cl)C(Cl)Cl. The molecule has 0 nitrogen and oxygen atoms in total. The van der Waals surface area contributed by atoms with Gasteiger partial charge in [0.25, 0.3) is 0 Å². The number of halogens is 4. The summed E-state index contributed by atoms with van der Waals surface area (Å²) >= 11 is 22.5. The van der Waals surface area contributed by atoms with Crippen LogP contribution in [0.3, 0.4) is 0 Å². The minimum atomic E-state index is -1.80. The fraction of sp³-hybridized carbons (Fsp3) is 1.00. The molecule has 0 radical (unpaired) electrons. The highest BCUT2D eigenvalue weighted by Crippen LogP contribution is 2.27. The highest BCUT2D eigenvalue weighted by molar-refractivity contribution is 7.01. The van der Waals surface area contributed by atoms with Crippen molar-refractivity contribution in [1.82, 2.24) is 0 Å². The molecule has 0 unspecified atom stereocenters. The van der Waals surface area contributed by atoms with Gasteiger partial charge in [0.1, 0.15) is 17.0 Å². The van der Waals surface area contributed by atoms with Gasteiger partial charge in [0.15, 0.2) is 0 Å². The number of hydrogen-bond acceptors (Lipinski definition) is 0. The number of rotatable bonds is 2. The summed E-state index contributed by atoms with van der Waals surface area (Å²) in [5.74, 6) is 0. The maximum Gasteiger partial charge on any atom is 0.125 e. The third-order valence-electron chi connectivity index (χ3n) is 1.12. The van der Waals surface area contributed by atoms with Crippen LogP contribution in [0.15, 0.2) is 0 Å². The Morgan fingerprint density at radius 3 is 1.11 bits per heavy atom. The first kappa shape index (κ1) is 10.4. The zero-order valence-electron chi connectivity index (χ0n) is 5.17. The molecule has 0 fully saturated rings. The topological polar surface area (TPSA) is 0 Å². The summed E-state index contributed by atoms with van der Waals surface area (Å²) in [6.07, 6.45) is 0. The Labute approximate surface area is 76.4 Å². The zero-order valence-corrected chi connectivity index (χ0v) is 9.19. The Bertz CT molecular complexity index is 80.6. The van der Waals surface area contributed by atoms with Crippen LogP contribution in [0.25, 0.3) is 0 Å². The van der Waals surface area contributed by atoms with Gasteiger partial charge in [-0.25, -0.2) is 0 Å². The van der Waals surface area contributed by atoms with E-state index in [1.807, 2.05) is 13.1 Å². The van der Waals surface area contributed by atoms with Crippen molar-refractivity contribution in [3.63, 3.8) is 0 Å². The van der Waals surface area contributed by atoms with Crippen LogP contribution in [0.4, 0.5) is 0 Å². The quantitative estimate of drug-likeness (QED) is 0.500. The van der Waals surface area contributed by atoms with Crippen molar-refractivity contribution in [3.05, 3.63) is 0 Å². The summed E-state index contributed by atoms with van der Waals surface area (Å²) in [5.41, 5.74) is 0. The van der Waals surface area contributed by atoms with Gasteiger partial charge in [0.05, 0.1) is 0 Å². The summed E-state index contributed by atoms with van der Waals surface area (Å²) < 4.78 is -0.782. The second kappa shape index (κ2) is 3.68. The van der Waals surface area contributed by atoms with Crippen molar-refractivity contribution < 1.29 is 0 Å². The van der Waals surface area contributed by atoms with Gasteiger partial charge in [-0.05, 0) is 0 Å². The molecule has 0 aromatic rings. The molecule has 0 N–H and O–H groups in total. The van der Waals surface area contributed by atoms with Gasteiger partial charge in [0, 0.05) is 0 Å². The van der Waals surface area contributed by atoms with Crippen LogP contribution in [0.1, 0.15) is 0 Å². The zero-order chi connectivity index (χ0) is 7.65. The molecule has 0 aliphatic heterocycles. The molecule has 0 amide bonds. The Hall–Kier alpha value is 1.38. The molecule has 0 bridgehead atoms. The first-order valence-corrected chi connectivity index (χ1v) is 7.35. The highest BCUT2D eigenvalue weighted by Gasteiger charge is 2.35. The molecule has 0 aliphatic rings. The maximum absolute atomic E-state index is 5.62. The molecule has 0 spiro atoms. The van der Waals surface area contributed by atoms with Gasteiger partial charge >= 0.3 is 0 Å². The lowest BCUT2D eigenvalue weighted by Crippen LogP contribution is -2.42. The third-order valence-corrected chi connectivity index (χ3v) is 10.1. The summed E-state index contributed by atoms with van der Waals surface area (Å²) in [7, 11) is -1.80. The van der Waals surface area contributed by atoms with Crippen LogP contribution in [-0.2, 0) is 0 Å². The molecule has 0 aromatic heterocycles. The average molecular weight is 226 g/mol. The molecule has 9 heavy (non-hydrogen) atoms. The van der Waals surface area contributed by atoms with E-state index in [0.29, 0.717) is 0 Å². The Kier molecular flexibility index (Phi) is 4.24. The lowest BCUT2D eigenvalue weighted by atomic mass is 11.7. The average Bonchev–Trinajstić information content (AvgIpc) is 1.65. The van der Waals surface area contributed by atoms with Crippen molar-refractivity contribution >= 4 is 54.5 Å². The third kappa shape index (κ3) is 2.85. The Balaban J connectivity index is 4.01. The van der Waals surface area contributed by atoms with E-state index in [4.69, 9.17) is 46.4 Å². The summed E-state index contributed by atoms with van der Waals surface area (Å²) in [4.78, 5) is 0. The van der Waals surface area contributed by atoms with E-state index in [0.717, 1.165) is 0 Å². The van der Waals surface area contributed by atoms with Gasteiger partial charge in [-0.1, -0.05) is 13.1 Å². The second-order valence-electron chi connectivity index (χ2n) is 2.42. The van der Waals surface area contributed by atoms with Crippen LogP contribution < -0.4 is 0 Å². The molecule has 0 heterocycles. The summed E-state index contributed by atoms with van der Waals surface area (Å²) in [6.45, 7) is 3.89. The summed E-state index contributed by atoms with van der Waals surface area (Å²) in [6, 6.07) is 0. The van der Waals surface area contributed by atoms with E-state index in [2.05, 4.69) is 0 Å². The monoisotopic (exact) mass is 224 g/mol. The van der Waals surface area contributed by atoms with Gasteiger partial charge in [-0.3, -0.25) is 0 Å². The van der Waals surface area contributed by atoms with Crippen LogP contribution in [-0.4, -0.2) is 17.0 Å². The fourth-order valence-electron chi connectivity index (χ4n) is 0.0952. The van der Waals surface area contributed by atoms with E-state index in [-0.39, 0.29) is 0 Å². The van der Waals surface area contributed by atoms with Crippen LogP contribution >= 0.6 is 46.4 Å². The molecule has 0 saturated carbocycles. The summed E-state index contributed by atoms with van der Waals surface area (Å²) in [5, 5.41) is 0. The standard InChI is InChI=1S/C4H8Cl4Si/c1-9(2,3(5)6)4(7)8/h3-4H,1-2H3. The molecule has 56 valence electrons. The fourth-order valence-corrected chi connectivity index (χ4v) is 2.57. The highest BCUT2D eigenvalue weighted by atomic mass is 35.5. The van der Waals surface area contributed by atoms with Gasteiger partial charge in [0.2, 0.25) is 0 Å². The lowest BCUT2D eigenvalue weighted by Gasteiger charge is -2.23. The first-order chi connectivity index (χ1) is 3.89. The molecular formula is C4H8Cl4Si. The molecule has 0 atom stereocenters. The van der Waals surface area contributed by atoms with E-state index in [1.54, 1.807) is 0 Å². The molecule has 0 aromatic carbocycles. The molecule has 5 heteroatoms. The van der Waals surface area contributed by atoms with E-state index in [1.165, 1.54) is 0 Å². The molecule has 0 saturated heterocycles. The molecule has 0 rings (SSSR count). The lowest BCUT2D eigenvalue weighted by molar-refractivity contribution is 1.50. The van der Waals surface area contributed by atoms with Crippen LogP contribution in [0.5, 0.6) is 0 Å². The Morgan fingerprint density at radius 2 is 1.11 bits per heavy atom. The predicted octanol–water partition coefficient (Wildman–Crippen LogP) is 3.38. The van der Waals surface area contributed by atoms with Gasteiger partial charge in [-0.15, -0.1) is 46.4 Å². The van der Waals surface area contributed by atoms with E-state index < -0.39 is 17.0 Å². The van der Waals surface area contributed by atoms with E-state index in [9.17, 15) is 0 Å². The number of alkyl halides is 4. The van der Waals surface area contributed by atoms with Crippen molar-refractivity contribution in [2.24, 2.45) is 0 Å². The predicted molar refractivity (Wildman–Crippen MR) is 48.5 cm³/mol. The first-order valence-electron chi connectivity index (χ1n) is 2.45. The van der Waals surface area contributed by atoms with Crippen LogP contribution in [0.2, 0.25) is 13.1 Å². The van der Waals surface area contributed by atoms with Gasteiger partial charge < -0.3 is 0 Å². The van der Waals surface area contributed by atoms with Crippen molar-refractivity contribution in [1.29, 1.82) is 0 Å². The Morgan fingerprint density at radius 1 is 0.889 bits per heavy atom. The number of hydrogen-bond donors (Lipinski definition) is 0.